The smallest absolute Gasteiger partial charge is 0.387 e. The highest BCUT2D eigenvalue weighted by Gasteiger charge is 2.26. The molecule has 164 valence electrons. The van der Waals surface area contributed by atoms with Crippen molar-refractivity contribution in [1.82, 2.24) is 10.3 Å². The van der Waals surface area contributed by atoms with Crippen LogP contribution in [0.4, 0.5) is 13.9 Å². The average molecular weight is 466 g/mol. The number of nitrogens with one attached hydrogen (secondary N) is 2. The van der Waals surface area contributed by atoms with Gasteiger partial charge in [0.05, 0.1) is 10.6 Å². The van der Waals surface area contributed by atoms with Gasteiger partial charge in [-0.25, -0.2) is 4.98 Å². The van der Waals surface area contributed by atoms with Gasteiger partial charge in [-0.3, -0.25) is 9.59 Å². The van der Waals surface area contributed by atoms with Crippen LogP contribution in [-0.2, 0) is 4.79 Å². The molecule has 6 nitrogen and oxygen atoms in total. The first-order valence-corrected chi connectivity index (χ1v) is 11.1. The highest BCUT2D eigenvalue weighted by atomic mass is 32.1. The number of carbonyl (C=O) groups excluding carboxylic acids is 2. The number of amides is 2. The summed E-state index contributed by atoms with van der Waals surface area (Å²) in [7, 11) is 0. The van der Waals surface area contributed by atoms with Crippen LogP contribution in [-0.4, -0.2) is 29.5 Å². The summed E-state index contributed by atoms with van der Waals surface area (Å²) in [5.41, 5.74) is 1.34. The number of benzene rings is 1. The van der Waals surface area contributed by atoms with Gasteiger partial charge < -0.3 is 15.4 Å². The molecule has 31 heavy (non-hydrogen) atoms. The zero-order valence-corrected chi connectivity index (χ0v) is 18.7. The number of halogens is 2. The molecule has 3 aromatic rings. The Kier molecular flexibility index (Phi) is 7.34. The molecule has 2 amide bonds. The summed E-state index contributed by atoms with van der Waals surface area (Å²) >= 11 is 2.60. The van der Waals surface area contributed by atoms with Crippen molar-refractivity contribution in [3.8, 4) is 17.0 Å². The second-order valence-corrected chi connectivity index (χ2v) is 9.14. The second-order valence-electron chi connectivity index (χ2n) is 6.99. The van der Waals surface area contributed by atoms with Gasteiger partial charge in [0.25, 0.3) is 5.91 Å². The second kappa shape index (κ2) is 9.97. The number of anilines is 1. The molecular weight excluding hydrogens is 444 g/mol. The third-order valence-corrected chi connectivity index (χ3v) is 6.12. The van der Waals surface area contributed by atoms with Crippen molar-refractivity contribution in [3.05, 3.63) is 51.5 Å². The van der Waals surface area contributed by atoms with E-state index in [2.05, 4.69) is 20.4 Å². The van der Waals surface area contributed by atoms with E-state index in [9.17, 15) is 18.4 Å². The van der Waals surface area contributed by atoms with E-state index >= 15 is 0 Å². The minimum Gasteiger partial charge on any atom is -0.435 e. The van der Waals surface area contributed by atoms with Crippen LogP contribution in [0.1, 0.15) is 28.4 Å². The first kappa shape index (κ1) is 22.8. The van der Waals surface area contributed by atoms with Crippen molar-refractivity contribution in [3.63, 3.8) is 0 Å². The van der Waals surface area contributed by atoms with Gasteiger partial charge in [0.15, 0.2) is 5.13 Å². The monoisotopic (exact) mass is 465 g/mol. The fraction of sp³-hybridized carbons (Fsp3) is 0.286. The zero-order chi connectivity index (χ0) is 22.5. The van der Waals surface area contributed by atoms with Gasteiger partial charge in [-0.05, 0) is 48.6 Å². The number of aromatic nitrogens is 1. The predicted octanol–water partition coefficient (Wildman–Crippen LogP) is 5.17. The minimum absolute atomic E-state index is 0.0569. The highest BCUT2D eigenvalue weighted by Crippen LogP contribution is 2.31. The fourth-order valence-corrected chi connectivity index (χ4v) is 4.32. The Morgan fingerprint density at radius 2 is 1.84 bits per heavy atom. The lowest BCUT2D eigenvalue weighted by Gasteiger charge is -2.20. The largest absolute Gasteiger partial charge is 0.435 e. The molecule has 0 bridgehead atoms. The summed E-state index contributed by atoms with van der Waals surface area (Å²) < 4.78 is 29.0. The summed E-state index contributed by atoms with van der Waals surface area (Å²) in [5, 5.41) is 7.74. The number of aryl methyl sites for hydroxylation is 1. The first-order chi connectivity index (χ1) is 14.7. The molecule has 0 aliphatic carbocycles. The molecule has 1 aromatic carbocycles. The molecule has 0 saturated carbocycles. The number of thiophene rings is 1. The summed E-state index contributed by atoms with van der Waals surface area (Å²) in [5.74, 6) is -0.736. The summed E-state index contributed by atoms with van der Waals surface area (Å²) in [4.78, 5) is 31.0. The number of nitrogens with zero attached hydrogens (tertiary/aromatic N) is 1. The highest BCUT2D eigenvalue weighted by molar-refractivity contribution is 7.16. The van der Waals surface area contributed by atoms with Gasteiger partial charge in [0, 0.05) is 10.4 Å². The van der Waals surface area contributed by atoms with Gasteiger partial charge in [-0.15, -0.1) is 22.7 Å². The van der Waals surface area contributed by atoms with Crippen LogP contribution in [0, 0.1) is 12.8 Å². The van der Waals surface area contributed by atoms with Gasteiger partial charge in [0.1, 0.15) is 11.8 Å². The minimum atomic E-state index is -2.89. The maximum Gasteiger partial charge on any atom is 0.387 e. The molecule has 0 radical (unpaired) electrons. The van der Waals surface area contributed by atoms with Crippen LogP contribution in [0.5, 0.6) is 5.75 Å². The number of ether oxygens (including phenoxy) is 1. The van der Waals surface area contributed by atoms with E-state index in [4.69, 9.17) is 0 Å². The summed E-state index contributed by atoms with van der Waals surface area (Å²) in [6.07, 6.45) is 0. The van der Waals surface area contributed by atoms with Crippen LogP contribution in [0.25, 0.3) is 11.3 Å². The van der Waals surface area contributed by atoms with Crippen molar-refractivity contribution in [2.75, 3.05) is 5.32 Å². The molecule has 0 spiro atoms. The molecule has 3 rings (SSSR count). The molecule has 0 saturated heterocycles. The number of rotatable bonds is 8. The molecule has 1 unspecified atom stereocenters. The van der Waals surface area contributed by atoms with Crippen LogP contribution in [0.15, 0.2) is 41.8 Å². The first-order valence-electron chi connectivity index (χ1n) is 9.42. The number of hydrogen-bond acceptors (Lipinski definition) is 6. The Morgan fingerprint density at radius 3 is 2.42 bits per heavy atom. The number of carbonyl (C=O) groups is 2. The topological polar surface area (TPSA) is 80.3 Å². The quantitative estimate of drug-likeness (QED) is 0.481. The molecule has 0 fully saturated rings. The average Bonchev–Trinajstić information content (AvgIpc) is 3.36. The fourth-order valence-electron chi connectivity index (χ4n) is 2.85. The number of thiazole rings is 1. The van der Waals surface area contributed by atoms with E-state index in [-0.39, 0.29) is 23.5 Å². The third-order valence-electron chi connectivity index (χ3n) is 4.36. The van der Waals surface area contributed by atoms with Gasteiger partial charge in [-0.2, -0.15) is 8.78 Å². The predicted molar refractivity (Wildman–Crippen MR) is 118 cm³/mol. The van der Waals surface area contributed by atoms with Gasteiger partial charge in [-0.1, -0.05) is 19.9 Å². The Morgan fingerprint density at radius 1 is 1.13 bits per heavy atom. The lowest BCUT2D eigenvalue weighted by molar-refractivity contribution is -0.118. The normalized spacial score (nSPS) is 12.1. The third kappa shape index (κ3) is 5.86. The molecular formula is C21H21F2N3O3S2. The van der Waals surface area contributed by atoms with Crippen molar-refractivity contribution in [2.24, 2.45) is 5.92 Å². The van der Waals surface area contributed by atoms with Crippen molar-refractivity contribution in [1.29, 1.82) is 0 Å². The Bertz CT molecular complexity index is 1030. The van der Waals surface area contributed by atoms with Crippen molar-refractivity contribution < 1.29 is 23.1 Å². The maximum absolute atomic E-state index is 12.8. The van der Waals surface area contributed by atoms with Gasteiger partial charge >= 0.3 is 6.61 Å². The van der Waals surface area contributed by atoms with Crippen LogP contribution in [0.2, 0.25) is 0 Å². The van der Waals surface area contributed by atoms with Crippen molar-refractivity contribution >= 4 is 39.6 Å². The van der Waals surface area contributed by atoms with Crippen LogP contribution in [0.3, 0.4) is 0 Å². The number of hydrogen-bond donors (Lipinski definition) is 2. The standard InChI is InChI=1S/C21H21F2N3O3S2/c1-11(2)16(24-18(27)15-5-4-10-30-15)19(28)26-21-25-17(12(3)31-21)13-6-8-14(9-7-13)29-20(22)23/h4-11,16,20H,1-3H3,(H,24,27)(H,25,26,28). The van der Waals surface area contributed by atoms with Crippen LogP contribution >= 0.6 is 22.7 Å². The lowest BCUT2D eigenvalue weighted by Crippen LogP contribution is -2.46. The van der Waals surface area contributed by atoms with E-state index in [0.29, 0.717) is 21.3 Å². The lowest BCUT2D eigenvalue weighted by atomic mass is 10.0. The number of alkyl halides is 2. The molecule has 2 N–H and O–H groups in total. The van der Waals surface area contributed by atoms with E-state index in [1.165, 1.54) is 34.8 Å². The van der Waals surface area contributed by atoms with Crippen molar-refractivity contribution in [2.45, 2.75) is 33.4 Å². The molecule has 2 aromatic heterocycles. The molecule has 0 aliphatic rings. The van der Waals surface area contributed by atoms with Gasteiger partial charge in [0.2, 0.25) is 5.91 Å². The Hall–Kier alpha value is -2.85. The molecule has 1 atom stereocenters. The van der Waals surface area contributed by atoms with E-state index in [1.807, 2.05) is 20.8 Å². The SMILES string of the molecule is Cc1sc(NC(=O)C(NC(=O)c2cccs2)C(C)C)nc1-c1ccc(OC(F)F)cc1. The van der Waals surface area contributed by atoms with E-state index < -0.39 is 12.7 Å². The summed E-state index contributed by atoms with van der Waals surface area (Å²) in [6.45, 7) is 2.66. The molecule has 2 heterocycles. The Labute approximate surface area is 186 Å². The molecule has 10 heteroatoms. The zero-order valence-electron chi connectivity index (χ0n) is 17.0. The maximum atomic E-state index is 12.8. The molecule has 0 aliphatic heterocycles. The van der Waals surface area contributed by atoms with Crippen LogP contribution < -0.4 is 15.4 Å². The van der Waals surface area contributed by atoms with E-state index in [1.54, 1.807) is 29.6 Å². The van der Waals surface area contributed by atoms with E-state index in [0.717, 1.165) is 4.88 Å². The Balaban J connectivity index is 1.71. The summed E-state index contributed by atoms with van der Waals surface area (Å²) in [6, 6.07) is 8.88.